The topological polar surface area (TPSA) is 67.2 Å². The molecule has 1 aromatic carbocycles. The van der Waals surface area contributed by atoms with Crippen molar-refractivity contribution in [1.82, 2.24) is 15.0 Å². The van der Waals surface area contributed by atoms with E-state index >= 15 is 0 Å². The van der Waals surface area contributed by atoms with Crippen LogP contribution in [0.1, 0.15) is 20.9 Å². The van der Waals surface area contributed by atoms with E-state index in [1.165, 1.54) is 0 Å². The number of nitrogens with zero attached hydrogens (tertiary/aromatic N) is 3. The molecule has 0 radical (unpaired) electrons. The molecule has 2 aromatic rings. The maximum Gasteiger partial charge on any atom is 0.285 e. The Bertz CT molecular complexity index is 596. The number of carbonyl (C=O) groups excluding carboxylic acids is 1. The molecule has 0 bridgehead atoms. The summed E-state index contributed by atoms with van der Waals surface area (Å²) < 4.78 is 4.65. The number of hydrogen-bond donors (Lipinski definition) is 1. The van der Waals surface area contributed by atoms with Gasteiger partial charge in [-0.15, -0.1) is 5.10 Å². The van der Waals surface area contributed by atoms with Gasteiger partial charge in [0.1, 0.15) is 4.88 Å². The van der Waals surface area contributed by atoms with Crippen molar-refractivity contribution in [2.45, 2.75) is 6.92 Å². The summed E-state index contributed by atoms with van der Waals surface area (Å²) in [7, 11) is 0. The van der Waals surface area contributed by atoms with Crippen LogP contribution in [0.25, 0.3) is 0 Å². The summed E-state index contributed by atoms with van der Waals surface area (Å²) in [4.78, 5) is 12.2. The Morgan fingerprint density at radius 3 is 3.06 bits per heavy atom. The van der Waals surface area contributed by atoms with Gasteiger partial charge in [0.15, 0.2) is 0 Å². The molecule has 0 aliphatic heterocycles. The second-order valence-corrected chi connectivity index (χ2v) is 5.11. The minimum absolute atomic E-state index is 0.297. The first-order valence-corrected chi connectivity index (χ1v) is 6.61. The van der Waals surface area contributed by atoms with Crippen LogP contribution in [0.3, 0.4) is 0 Å². The van der Waals surface area contributed by atoms with E-state index in [0.29, 0.717) is 10.6 Å². The highest BCUT2D eigenvalue weighted by Crippen LogP contribution is 2.10. The van der Waals surface area contributed by atoms with E-state index in [1.54, 1.807) is 13.1 Å². The maximum atomic E-state index is 11.7. The molecule has 1 aromatic heterocycles. The molecule has 18 heavy (non-hydrogen) atoms. The van der Waals surface area contributed by atoms with Crippen molar-refractivity contribution in [3.05, 3.63) is 44.9 Å². The average Bonchev–Trinajstić information content (AvgIpc) is 2.75. The predicted octanol–water partition coefficient (Wildman–Crippen LogP) is 2.37. The first-order valence-electron chi connectivity index (χ1n) is 5.05. The van der Waals surface area contributed by atoms with Crippen LogP contribution in [0, 0.1) is 6.92 Å². The third-order valence-corrected chi connectivity index (χ3v) is 3.41. The highest BCUT2D eigenvalue weighted by molar-refractivity contribution is 9.10. The summed E-state index contributed by atoms with van der Waals surface area (Å²) in [6, 6.07) is 7.60. The van der Waals surface area contributed by atoms with Gasteiger partial charge < -0.3 is 0 Å². The maximum absolute atomic E-state index is 11.7. The third kappa shape index (κ3) is 3.21. The number of aryl methyl sites for hydroxylation is 1. The molecule has 0 atom stereocenters. The second kappa shape index (κ2) is 5.83. The molecule has 1 heterocycles. The smallest absolute Gasteiger partial charge is 0.266 e. The molecule has 1 N–H and O–H groups in total. The number of nitrogens with one attached hydrogen (secondary N) is 1. The summed E-state index contributed by atoms with van der Waals surface area (Å²) in [6.07, 6.45) is 1.58. The quantitative estimate of drug-likeness (QED) is 0.696. The molecule has 7 heteroatoms. The van der Waals surface area contributed by atoms with E-state index in [2.05, 4.69) is 36.0 Å². The van der Waals surface area contributed by atoms with Crippen molar-refractivity contribution in [3.8, 4) is 0 Å². The molecule has 0 spiro atoms. The fourth-order valence-corrected chi connectivity index (χ4v) is 2.21. The first kappa shape index (κ1) is 12.8. The lowest BCUT2D eigenvalue weighted by Crippen LogP contribution is -2.17. The first-order chi connectivity index (χ1) is 8.66. The van der Waals surface area contributed by atoms with Crippen molar-refractivity contribution >= 4 is 39.6 Å². The third-order valence-electron chi connectivity index (χ3n) is 2.09. The SMILES string of the molecule is Cc1nnsc1C(=O)N/N=C/c1cccc(Br)c1. The normalized spacial score (nSPS) is 10.8. The molecule has 0 saturated heterocycles. The fourth-order valence-electron chi connectivity index (χ4n) is 1.24. The highest BCUT2D eigenvalue weighted by atomic mass is 79.9. The van der Waals surface area contributed by atoms with Gasteiger partial charge in [-0.1, -0.05) is 32.6 Å². The Kier molecular flexibility index (Phi) is 4.16. The summed E-state index contributed by atoms with van der Waals surface area (Å²) in [6.45, 7) is 1.73. The molecule has 0 saturated carbocycles. The highest BCUT2D eigenvalue weighted by Gasteiger charge is 2.11. The van der Waals surface area contributed by atoms with Crippen molar-refractivity contribution in [2.75, 3.05) is 0 Å². The van der Waals surface area contributed by atoms with Gasteiger partial charge in [-0.05, 0) is 36.2 Å². The minimum Gasteiger partial charge on any atom is -0.266 e. The summed E-state index contributed by atoms with van der Waals surface area (Å²) >= 11 is 4.41. The largest absolute Gasteiger partial charge is 0.285 e. The summed E-state index contributed by atoms with van der Waals surface area (Å²) in [5.74, 6) is -0.297. The number of hydrogen-bond acceptors (Lipinski definition) is 5. The van der Waals surface area contributed by atoms with Crippen molar-refractivity contribution in [3.63, 3.8) is 0 Å². The van der Waals surface area contributed by atoms with E-state index in [1.807, 2.05) is 24.3 Å². The molecule has 5 nitrogen and oxygen atoms in total. The Morgan fingerprint density at radius 1 is 1.56 bits per heavy atom. The number of carbonyl (C=O) groups is 1. The van der Waals surface area contributed by atoms with Crippen LogP contribution < -0.4 is 5.43 Å². The lowest BCUT2D eigenvalue weighted by atomic mass is 10.2. The summed E-state index contributed by atoms with van der Waals surface area (Å²) in [5.41, 5.74) is 3.94. The van der Waals surface area contributed by atoms with Gasteiger partial charge in [0.05, 0.1) is 11.9 Å². The lowest BCUT2D eigenvalue weighted by Gasteiger charge is -1.96. The van der Waals surface area contributed by atoms with E-state index in [9.17, 15) is 4.79 Å². The van der Waals surface area contributed by atoms with Crippen LogP contribution in [-0.4, -0.2) is 21.7 Å². The number of rotatable bonds is 3. The monoisotopic (exact) mass is 324 g/mol. The zero-order chi connectivity index (χ0) is 13.0. The average molecular weight is 325 g/mol. The van der Waals surface area contributed by atoms with E-state index < -0.39 is 0 Å². The molecular formula is C11H9BrN4OS. The zero-order valence-electron chi connectivity index (χ0n) is 9.42. The molecule has 0 unspecified atom stereocenters. The van der Waals surface area contributed by atoms with Crippen LogP contribution in [0.15, 0.2) is 33.8 Å². The number of hydrazone groups is 1. The molecular weight excluding hydrogens is 316 g/mol. The number of amides is 1. The van der Waals surface area contributed by atoms with Gasteiger partial charge in [-0.2, -0.15) is 5.10 Å². The van der Waals surface area contributed by atoms with Gasteiger partial charge in [0, 0.05) is 4.47 Å². The Morgan fingerprint density at radius 2 is 2.39 bits per heavy atom. The summed E-state index contributed by atoms with van der Waals surface area (Å²) in [5, 5.41) is 7.65. The van der Waals surface area contributed by atoms with Crippen molar-refractivity contribution in [2.24, 2.45) is 5.10 Å². The molecule has 0 aliphatic rings. The van der Waals surface area contributed by atoms with Crippen molar-refractivity contribution < 1.29 is 4.79 Å². The number of aromatic nitrogens is 2. The van der Waals surface area contributed by atoms with Crippen molar-refractivity contribution in [1.29, 1.82) is 0 Å². The minimum atomic E-state index is -0.297. The van der Waals surface area contributed by atoms with Gasteiger partial charge >= 0.3 is 0 Å². The fraction of sp³-hybridized carbons (Fsp3) is 0.0909. The van der Waals surface area contributed by atoms with Crippen LogP contribution >= 0.6 is 27.5 Å². The molecule has 92 valence electrons. The van der Waals surface area contributed by atoms with E-state index in [4.69, 9.17) is 0 Å². The Balaban J connectivity index is 2.00. The van der Waals surface area contributed by atoms with E-state index in [0.717, 1.165) is 21.6 Å². The number of benzene rings is 1. The standard InChI is InChI=1S/C11H9BrN4OS/c1-7-10(18-16-14-7)11(17)15-13-6-8-3-2-4-9(12)5-8/h2-6H,1H3,(H,15,17)/b13-6+. The van der Waals surface area contributed by atoms with Gasteiger partial charge in [-0.3, -0.25) is 4.79 Å². The lowest BCUT2D eigenvalue weighted by molar-refractivity contribution is 0.0958. The Labute approximate surface area is 116 Å². The van der Waals surface area contributed by atoms with E-state index in [-0.39, 0.29) is 5.91 Å². The van der Waals surface area contributed by atoms with Gasteiger partial charge in [0.25, 0.3) is 5.91 Å². The molecule has 0 aliphatic carbocycles. The van der Waals surface area contributed by atoms with Gasteiger partial charge in [0.2, 0.25) is 0 Å². The molecule has 1 amide bonds. The number of halogens is 1. The zero-order valence-corrected chi connectivity index (χ0v) is 11.8. The second-order valence-electron chi connectivity index (χ2n) is 3.44. The van der Waals surface area contributed by atoms with Crippen LogP contribution in [0.4, 0.5) is 0 Å². The predicted molar refractivity (Wildman–Crippen MR) is 73.8 cm³/mol. The molecule has 0 fully saturated rings. The van der Waals surface area contributed by atoms with Crippen LogP contribution in [0.2, 0.25) is 0 Å². The van der Waals surface area contributed by atoms with Crippen LogP contribution in [-0.2, 0) is 0 Å². The van der Waals surface area contributed by atoms with Gasteiger partial charge in [-0.25, -0.2) is 5.43 Å². The Hall–Kier alpha value is -1.60. The molecule has 2 rings (SSSR count). The van der Waals surface area contributed by atoms with Crippen LogP contribution in [0.5, 0.6) is 0 Å².